The minimum Gasteiger partial charge on any atom is -0.308 e. The molecule has 0 fully saturated rings. The average molecular weight is 275 g/mol. The molecule has 6 nitrogen and oxygen atoms in total. The molecular weight excluding hydrogens is 265 g/mol. The maximum atomic E-state index is 12.7. The van der Waals surface area contributed by atoms with Gasteiger partial charge in [0.1, 0.15) is 5.82 Å². The molecule has 2 aromatic carbocycles. The molecule has 0 aliphatic rings. The van der Waals surface area contributed by atoms with Gasteiger partial charge in [0.2, 0.25) is 0 Å². The van der Waals surface area contributed by atoms with E-state index in [9.17, 15) is 19.3 Å². The molecule has 0 atom stereocenters. The van der Waals surface area contributed by atoms with Crippen molar-refractivity contribution in [3.05, 3.63) is 64.5 Å². The van der Waals surface area contributed by atoms with E-state index in [2.05, 4.69) is 10.6 Å². The van der Waals surface area contributed by atoms with E-state index in [-0.39, 0.29) is 5.69 Å². The van der Waals surface area contributed by atoms with Crippen LogP contribution < -0.4 is 10.6 Å². The largest absolute Gasteiger partial charge is 0.323 e. The lowest BCUT2D eigenvalue weighted by atomic mass is 10.3. The Bertz CT molecular complexity index is 626. The second kappa shape index (κ2) is 5.79. The molecule has 0 heterocycles. The van der Waals surface area contributed by atoms with E-state index in [1.54, 1.807) is 0 Å². The van der Waals surface area contributed by atoms with Gasteiger partial charge in [0.25, 0.3) is 5.69 Å². The van der Waals surface area contributed by atoms with Crippen molar-refractivity contribution in [2.24, 2.45) is 0 Å². The zero-order valence-corrected chi connectivity index (χ0v) is 10.2. The molecule has 0 unspecified atom stereocenters. The van der Waals surface area contributed by atoms with Gasteiger partial charge in [-0.1, -0.05) is 0 Å². The van der Waals surface area contributed by atoms with Gasteiger partial charge in [-0.3, -0.25) is 10.1 Å². The van der Waals surface area contributed by atoms with Crippen molar-refractivity contribution in [2.45, 2.75) is 0 Å². The molecule has 2 amide bonds. The normalized spacial score (nSPS) is 9.85. The summed E-state index contributed by atoms with van der Waals surface area (Å²) in [5.74, 6) is -0.397. The van der Waals surface area contributed by atoms with Crippen LogP contribution in [0.4, 0.5) is 26.2 Å². The Morgan fingerprint density at radius 3 is 1.85 bits per heavy atom. The quantitative estimate of drug-likeness (QED) is 0.665. The Balaban J connectivity index is 1.97. The number of hydrogen-bond acceptors (Lipinski definition) is 3. The van der Waals surface area contributed by atoms with E-state index in [0.717, 1.165) is 0 Å². The van der Waals surface area contributed by atoms with Crippen LogP contribution in [-0.4, -0.2) is 11.0 Å². The van der Waals surface area contributed by atoms with Crippen LogP contribution in [0.1, 0.15) is 0 Å². The van der Waals surface area contributed by atoms with Crippen molar-refractivity contribution in [3.63, 3.8) is 0 Å². The van der Waals surface area contributed by atoms with E-state index in [1.807, 2.05) is 0 Å². The van der Waals surface area contributed by atoms with E-state index < -0.39 is 16.8 Å². The molecule has 0 bridgehead atoms. The number of nitrogens with zero attached hydrogens (tertiary/aromatic N) is 1. The van der Waals surface area contributed by atoms with Gasteiger partial charge >= 0.3 is 6.03 Å². The maximum absolute atomic E-state index is 12.7. The molecule has 2 rings (SSSR count). The number of non-ortho nitro benzene ring substituents is 1. The van der Waals surface area contributed by atoms with Crippen LogP contribution in [0.25, 0.3) is 0 Å². The average Bonchev–Trinajstić information content (AvgIpc) is 2.42. The first-order valence-electron chi connectivity index (χ1n) is 5.62. The summed E-state index contributed by atoms with van der Waals surface area (Å²) < 4.78 is 12.7. The molecule has 0 saturated heterocycles. The highest BCUT2D eigenvalue weighted by molar-refractivity contribution is 5.99. The summed E-state index contributed by atoms with van der Waals surface area (Å²) in [7, 11) is 0. The Kier molecular flexibility index (Phi) is 3.90. The fourth-order valence-electron chi connectivity index (χ4n) is 1.49. The summed E-state index contributed by atoms with van der Waals surface area (Å²) in [6.07, 6.45) is 0. The van der Waals surface area contributed by atoms with Crippen LogP contribution in [-0.2, 0) is 0 Å². The highest BCUT2D eigenvalue weighted by atomic mass is 19.1. The summed E-state index contributed by atoms with van der Waals surface area (Å²) in [5, 5.41) is 15.5. The van der Waals surface area contributed by atoms with E-state index in [4.69, 9.17) is 0 Å². The molecule has 2 N–H and O–H groups in total. The van der Waals surface area contributed by atoms with Crippen LogP contribution in [0.15, 0.2) is 48.5 Å². The standard InChI is InChI=1S/C13H10FN3O3/c14-9-1-3-10(4-2-9)15-13(18)16-11-5-7-12(8-6-11)17(19)20/h1-8H,(H2,15,16,18). The van der Waals surface area contributed by atoms with E-state index in [1.165, 1.54) is 48.5 Å². The highest BCUT2D eigenvalue weighted by Crippen LogP contribution is 2.16. The van der Waals surface area contributed by atoms with Crippen LogP contribution in [0.2, 0.25) is 0 Å². The van der Waals surface area contributed by atoms with E-state index in [0.29, 0.717) is 11.4 Å². The number of halogens is 1. The Hall–Kier alpha value is -2.96. The fraction of sp³-hybridized carbons (Fsp3) is 0. The number of rotatable bonds is 3. The number of hydrogen-bond donors (Lipinski definition) is 2. The SMILES string of the molecule is O=C(Nc1ccc(F)cc1)Nc1ccc([N+](=O)[O-])cc1. The van der Waals surface area contributed by atoms with Crippen LogP contribution >= 0.6 is 0 Å². The van der Waals surface area contributed by atoms with Gasteiger partial charge in [-0.25, -0.2) is 9.18 Å². The lowest BCUT2D eigenvalue weighted by Crippen LogP contribution is -2.19. The molecule has 0 saturated carbocycles. The van der Waals surface area contributed by atoms with Gasteiger partial charge in [0.05, 0.1) is 4.92 Å². The lowest BCUT2D eigenvalue weighted by Gasteiger charge is -2.07. The topological polar surface area (TPSA) is 84.3 Å². The third-order valence-electron chi connectivity index (χ3n) is 2.44. The van der Waals surface area contributed by atoms with Crippen molar-refractivity contribution in [3.8, 4) is 0 Å². The number of carbonyl (C=O) groups is 1. The van der Waals surface area contributed by atoms with Gasteiger partial charge in [0, 0.05) is 23.5 Å². The van der Waals surface area contributed by atoms with Gasteiger partial charge < -0.3 is 10.6 Å². The molecule has 0 spiro atoms. The zero-order valence-electron chi connectivity index (χ0n) is 10.2. The summed E-state index contributed by atoms with van der Waals surface area (Å²) in [4.78, 5) is 21.6. The number of nitro groups is 1. The van der Waals surface area contributed by atoms with Crippen LogP contribution in [0.5, 0.6) is 0 Å². The first kappa shape index (κ1) is 13.5. The first-order chi connectivity index (χ1) is 9.54. The zero-order chi connectivity index (χ0) is 14.5. The molecule has 0 aliphatic heterocycles. The molecule has 102 valence electrons. The van der Waals surface area contributed by atoms with Crippen molar-refractivity contribution < 1.29 is 14.1 Å². The number of amides is 2. The molecule has 0 aliphatic carbocycles. The maximum Gasteiger partial charge on any atom is 0.323 e. The summed E-state index contributed by atoms with van der Waals surface area (Å²) in [6, 6.07) is 10.2. The van der Waals surface area contributed by atoms with Crippen LogP contribution in [0, 0.1) is 15.9 Å². The van der Waals surface area contributed by atoms with Gasteiger partial charge in [-0.15, -0.1) is 0 Å². The van der Waals surface area contributed by atoms with E-state index >= 15 is 0 Å². The number of nitrogens with one attached hydrogen (secondary N) is 2. The smallest absolute Gasteiger partial charge is 0.308 e. The molecule has 2 aromatic rings. The van der Waals surface area contributed by atoms with Crippen molar-refractivity contribution >= 4 is 23.1 Å². The Morgan fingerprint density at radius 1 is 0.950 bits per heavy atom. The van der Waals surface area contributed by atoms with Crippen molar-refractivity contribution in [2.75, 3.05) is 10.6 Å². The summed E-state index contributed by atoms with van der Waals surface area (Å²) >= 11 is 0. The van der Waals surface area contributed by atoms with Crippen LogP contribution in [0.3, 0.4) is 0 Å². The lowest BCUT2D eigenvalue weighted by molar-refractivity contribution is -0.384. The molecule has 0 radical (unpaired) electrons. The van der Waals surface area contributed by atoms with Crippen molar-refractivity contribution in [1.82, 2.24) is 0 Å². The monoisotopic (exact) mass is 275 g/mol. The number of nitro benzene ring substituents is 1. The minimum atomic E-state index is -0.525. The molecule has 0 aromatic heterocycles. The first-order valence-corrected chi connectivity index (χ1v) is 5.62. The summed E-state index contributed by atoms with van der Waals surface area (Å²) in [6.45, 7) is 0. The minimum absolute atomic E-state index is 0.0607. The van der Waals surface area contributed by atoms with Gasteiger partial charge in [0.15, 0.2) is 0 Å². The molecular formula is C13H10FN3O3. The number of anilines is 2. The Morgan fingerprint density at radius 2 is 1.40 bits per heavy atom. The predicted octanol–water partition coefficient (Wildman–Crippen LogP) is 3.38. The van der Waals surface area contributed by atoms with Gasteiger partial charge in [-0.2, -0.15) is 0 Å². The fourth-order valence-corrected chi connectivity index (χ4v) is 1.49. The third-order valence-corrected chi connectivity index (χ3v) is 2.44. The number of urea groups is 1. The predicted molar refractivity (Wildman–Crippen MR) is 72.1 cm³/mol. The summed E-state index contributed by atoms with van der Waals surface area (Å²) in [5.41, 5.74) is 0.788. The number of carbonyl (C=O) groups excluding carboxylic acids is 1. The highest BCUT2D eigenvalue weighted by Gasteiger charge is 2.06. The molecule has 20 heavy (non-hydrogen) atoms. The van der Waals surface area contributed by atoms with Crippen molar-refractivity contribution in [1.29, 1.82) is 0 Å². The second-order valence-corrected chi connectivity index (χ2v) is 3.89. The Labute approximate surface area is 113 Å². The van der Waals surface area contributed by atoms with Gasteiger partial charge in [-0.05, 0) is 36.4 Å². The third kappa shape index (κ3) is 3.52. The number of benzene rings is 2. The second-order valence-electron chi connectivity index (χ2n) is 3.89. The molecule has 7 heteroatoms.